The van der Waals surface area contributed by atoms with E-state index in [-0.39, 0.29) is 0 Å². The molecule has 0 radical (unpaired) electrons. The largest absolute Gasteiger partial charge is 0.0654 e. The first-order valence-corrected chi connectivity index (χ1v) is 8.06. The second-order valence-electron chi connectivity index (χ2n) is 6.35. The zero-order chi connectivity index (χ0) is 13.3. The van der Waals surface area contributed by atoms with Gasteiger partial charge < -0.3 is 0 Å². The van der Waals surface area contributed by atoms with Crippen LogP contribution in [0.3, 0.4) is 0 Å². The predicted octanol–water partition coefficient (Wildman–Crippen LogP) is 6.30. The third-order valence-electron chi connectivity index (χ3n) is 4.37. The summed E-state index contributed by atoms with van der Waals surface area (Å²) >= 11 is 0. The molecule has 17 heavy (non-hydrogen) atoms. The van der Waals surface area contributed by atoms with E-state index in [0.29, 0.717) is 0 Å². The van der Waals surface area contributed by atoms with Crippen LogP contribution in [0.1, 0.15) is 86.5 Å². The van der Waals surface area contributed by atoms with Gasteiger partial charge in [-0.05, 0) is 30.1 Å². The lowest BCUT2D eigenvalue weighted by atomic mass is 9.74. The van der Waals surface area contributed by atoms with Crippen LogP contribution < -0.4 is 0 Å². The van der Waals surface area contributed by atoms with Gasteiger partial charge in [0.15, 0.2) is 0 Å². The Hall–Kier alpha value is 0. The summed E-state index contributed by atoms with van der Waals surface area (Å²) in [6.07, 6.45) is 9.81. The highest BCUT2D eigenvalue weighted by Crippen LogP contribution is 2.34. The highest BCUT2D eigenvalue weighted by atomic mass is 14.3. The van der Waals surface area contributed by atoms with Crippen molar-refractivity contribution in [3.63, 3.8) is 0 Å². The van der Waals surface area contributed by atoms with Gasteiger partial charge in [-0.15, -0.1) is 0 Å². The Morgan fingerprint density at radius 1 is 0.765 bits per heavy atom. The topological polar surface area (TPSA) is 0 Å². The van der Waals surface area contributed by atoms with E-state index in [0.717, 1.165) is 23.7 Å². The van der Waals surface area contributed by atoms with Gasteiger partial charge in [0.1, 0.15) is 0 Å². The van der Waals surface area contributed by atoms with Crippen LogP contribution >= 0.6 is 0 Å². The van der Waals surface area contributed by atoms with Gasteiger partial charge in [-0.3, -0.25) is 0 Å². The standard InChI is InChI=1S/C17H36/c1-7-10-12-16(9-3)15(6)17(11-8-2)13-14(4)5/h14-17H,7-13H2,1-6H3. The number of unbranched alkanes of at least 4 members (excludes halogenated alkanes) is 1. The molecule has 0 amide bonds. The molecule has 104 valence electrons. The lowest BCUT2D eigenvalue weighted by Crippen LogP contribution is -2.22. The fraction of sp³-hybridized carbons (Fsp3) is 1.00. The quantitative estimate of drug-likeness (QED) is 0.420. The first kappa shape index (κ1) is 17.0. The van der Waals surface area contributed by atoms with Gasteiger partial charge in [0.05, 0.1) is 0 Å². The van der Waals surface area contributed by atoms with E-state index in [2.05, 4.69) is 41.5 Å². The summed E-state index contributed by atoms with van der Waals surface area (Å²) in [5.41, 5.74) is 0. The molecular formula is C17H36. The van der Waals surface area contributed by atoms with Gasteiger partial charge in [0.2, 0.25) is 0 Å². The van der Waals surface area contributed by atoms with E-state index >= 15 is 0 Å². The molecular weight excluding hydrogens is 204 g/mol. The summed E-state index contributed by atoms with van der Waals surface area (Å²) in [6.45, 7) is 14.3. The molecule has 0 heteroatoms. The van der Waals surface area contributed by atoms with E-state index in [1.165, 1.54) is 44.9 Å². The molecule has 0 aromatic rings. The zero-order valence-electron chi connectivity index (χ0n) is 13.3. The summed E-state index contributed by atoms with van der Waals surface area (Å²) in [6, 6.07) is 0. The lowest BCUT2D eigenvalue weighted by molar-refractivity contribution is 0.187. The highest BCUT2D eigenvalue weighted by Gasteiger charge is 2.24. The minimum Gasteiger partial charge on any atom is -0.0654 e. The van der Waals surface area contributed by atoms with Crippen molar-refractivity contribution in [3.05, 3.63) is 0 Å². The predicted molar refractivity (Wildman–Crippen MR) is 80.3 cm³/mol. The molecule has 0 bridgehead atoms. The molecule has 0 fully saturated rings. The normalized spacial score (nSPS) is 17.1. The average molecular weight is 240 g/mol. The maximum atomic E-state index is 2.52. The van der Waals surface area contributed by atoms with Crippen LogP contribution in [0.15, 0.2) is 0 Å². The zero-order valence-corrected chi connectivity index (χ0v) is 13.3. The van der Waals surface area contributed by atoms with Crippen LogP contribution in [0.5, 0.6) is 0 Å². The van der Waals surface area contributed by atoms with Crippen molar-refractivity contribution in [2.45, 2.75) is 86.5 Å². The second-order valence-corrected chi connectivity index (χ2v) is 6.35. The Bertz CT molecular complexity index is 159. The Balaban J connectivity index is 4.37. The highest BCUT2D eigenvalue weighted by molar-refractivity contribution is 4.74. The van der Waals surface area contributed by atoms with Crippen molar-refractivity contribution >= 4 is 0 Å². The lowest BCUT2D eigenvalue weighted by Gasteiger charge is -2.32. The molecule has 0 N–H and O–H groups in total. The van der Waals surface area contributed by atoms with Crippen molar-refractivity contribution in [1.29, 1.82) is 0 Å². The molecule has 0 aliphatic carbocycles. The summed E-state index contributed by atoms with van der Waals surface area (Å²) in [4.78, 5) is 0. The van der Waals surface area contributed by atoms with E-state index in [4.69, 9.17) is 0 Å². The first-order chi connectivity index (χ1) is 8.06. The van der Waals surface area contributed by atoms with Crippen LogP contribution in [0.2, 0.25) is 0 Å². The van der Waals surface area contributed by atoms with Crippen molar-refractivity contribution in [2.75, 3.05) is 0 Å². The van der Waals surface area contributed by atoms with Gasteiger partial charge in [0, 0.05) is 0 Å². The Morgan fingerprint density at radius 3 is 1.82 bits per heavy atom. The fourth-order valence-corrected chi connectivity index (χ4v) is 3.26. The van der Waals surface area contributed by atoms with Crippen molar-refractivity contribution < 1.29 is 0 Å². The van der Waals surface area contributed by atoms with Crippen LogP contribution in [0.25, 0.3) is 0 Å². The van der Waals surface area contributed by atoms with Crippen LogP contribution in [-0.2, 0) is 0 Å². The summed E-state index contributed by atoms with van der Waals surface area (Å²) in [7, 11) is 0. The molecule has 0 aromatic heterocycles. The number of hydrogen-bond donors (Lipinski definition) is 0. The monoisotopic (exact) mass is 240 g/mol. The minimum absolute atomic E-state index is 0.859. The molecule has 0 rings (SSSR count). The van der Waals surface area contributed by atoms with E-state index < -0.39 is 0 Å². The molecule has 0 aromatic carbocycles. The molecule has 0 aliphatic rings. The molecule has 0 aliphatic heterocycles. The number of hydrogen-bond acceptors (Lipinski definition) is 0. The Labute approximate surface area is 111 Å². The second kappa shape index (κ2) is 9.97. The van der Waals surface area contributed by atoms with Crippen LogP contribution in [0.4, 0.5) is 0 Å². The molecule has 0 heterocycles. The van der Waals surface area contributed by atoms with Gasteiger partial charge in [-0.25, -0.2) is 0 Å². The van der Waals surface area contributed by atoms with E-state index in [1.54, 1.807) is 0 Å². The maximum Gasteiger partial charge on any atom is -0.0384 e. The third kappa shape index (κ3) is 7.11. The molecule has 3 unspecified atom stereocenters. The van der Waals surface area contributed by atoms with E-state index in [1.807, 2.05) is 0 Å². The van der Waals surface area contributed by atoms with Crippen LogP contribution in [-0.4, -0.2) is 0 Å². The molecule has 3 atom stereocenters. The smallest absolute Gasteiger partial charge is 0.0384 e. The van der Waals surface area contributed by atoms with Crippen LogP contribution in [0, 0.1) is 23.7 Å². The van der Waals surface area contributed by atoms with Gasteiger partial charge >= 0.3 is 0 Å². The van der Waals surface area contributed by atoms with Crippen molar-refractivity contribution in [3.8, 4) is 0 Å². The molecule has 0 saturated heterocycles. The minimum atomic E-state index is 0.859. The van der Waals surface area contributed by atoms with Gasteiger partial charge in [-0.2, -0.15) is 0 Å². The molecule has 0 saturated carbocycles. The third-order valence-corrected chi connectivity index (χ3v) is 4.37. The Morgan fingerprint density at radius 2 is 1.41 bits per heavy atom. The van der Waals surface area contributed by atoms with Crippen molar-refractivity contribution in [1.82, 2.24) is 0 Å². The fourth-order valence-electron chi connectivity index (χ4n) is 3.26. The summed E-state index contributed by atoms with van der Waals surface area (Å²) < 4.78 is 0. The molecule has 0 spiro atoms. The van der Waals surface area contributed by atoms with Gasteiger partial charge in [-0.1, -0.05) is 80.1 Å². The van der Waals surface area contributed by atoms with Gasteiger partial charge in [0.25, 0.3) is 0 Å². The summed E-state index contributed by atoms with van der Waals surface area (Å²) in [5.74, 6) is 3.71. The average Bonchev–Trinajstić information content (AvgIpc) is 2.28. The Kier molecular flexibility index (Phi) is 9.97. The SMILES string of the molecule is CCCCC(CC)C(C)C(CCC)CC(C)C. The van der Waals surface area contributed by atoms with Crippen molar-refractivity contribution in [2.24, 2.45) is 23.7 Å². The number of rotatable bonds is 10. The maximum absolute atomic E-state index is 2.52. The molecule has 0 nitrogen and oxygen atoms in total. The summed E-state index contributed by atoms with van der Waals surface area (Å²) in [5, 5.41) is 0. The first-order valence-electron chi connectivity index (χ1n) is 8.06. The van der Waals surface area contributed by atoms with E-state index in [9.17, 15) is 0 Å².